The third-order valence-electron chi connectivity index (χ3n) is 3.37. The molecule has 0 aromatic heterocycles. The van der Waals surface area contributed by atoms with E-state index < -0.39 is 0 Å². The Morgan fingerprint density at radius 1 is 1.20 bits per heavy atom. The third kappa shape index (κ3) is 6.53. The molecule has 4 heteroatoms. The summed E-state index contributed by atoms with van der Waals surface area (Å²) in [5.74, 6) is 0.146. The van der Waals surface area contributed by atoms with Gasteiger partial charge in [-0.05, 0) is 43.5 Å². The lowest BCUT2D eigenvalue weighted by Crippen LogP contribution is -2.27. The molecule has 3 N–H and O–H groups in total. The fourth-order valence-corrected chi connectivity index (χ4v) is 2.43. The second-order valence-corrected chi connectivity index (χ2v) is 5.95. The summed E-state index contributed by atoms with van der Waals surface area (Å²) in [4.78, 5) is 11.9. The van der Waals surface area contributed by atoms with Crippen LogP contribution in [0.2, 0.25) is 0 Å². The predicted molar refractivity (Wildman–Crippen MR) is 87.5 cm³/mol. The number of hydrogen-bond donors (Lipinski definition) is 2. The molecule has 0 saturated carbocycles. The first-order valence-corrected chi connectivity index (χ1v) is 8.21. The molecule has 0 heterocycles. The summed E-state index contributed by atoms with van der Waals surface area (Å²) >= 11 is 3.43. The van der Waals surface area contributed by atoms with Gasteiger partial charge in [0.1, 0.15) is 0 Å². The lowest BCUT2D eigenvalue weighted by Gasteiger charge is -2.17. The van der Waals surface area contributed by atoms with Crippen LogP contribution in [0.3, 0.4) is 0 Å². The van der Waals surface area contributed by atoms with Crippen molar-refractivity contribution in [1.82, 2.24) is 5.32 Å². The summed E-state index contributed by atoms with van der Waals surface area (Å²) in [5.41, 5.74) is 6.61. The predicted octanol–water partition coefficient (Wildman–Crippen LogP) is 3.93. The van der Waals surface area contributed by atoms with Crippen LogP contribution in [0.25, 0.3) is 0 Å². The lowest BCUT2D eigenvalue weighted by atomic mass is 10.0. The standard InChI is InChI=1S/C16H25BrN2O/c1-2-15(13-8-10-14(17)11-9-13)19-16(20)7-5-3-4-6-12-18/h8-11,15H,2-7,12,18H2,1H3,(H,19,20). The first-order valence-electron chi connectivity index (χ1n) is 7.42. The SMILES string of the molecule is CCC(NC(=O)CCCCCCN)c1ccc(Br)cc1. The minimum Gasteiger partial charge on any atom is -0.349 e. The molecular weight excluding hydrogens is 316 g/mol. The fraction of sp³-hybridized carbons (Fsp3) is 0.562. The summed E-state index contributed by atoms with van der Waals surface area (Å²) in [6.07, 6.45) is 5.71. The molecular formula is C16H25BrN2O. The number of carbonyl (C=O) groups excluding carboxylic acids is 1. The van der Waals surface area contributed by atoms with Gasteiger partial charge in [-0.3, -0.25) is 4.79 Å². The van der Waals surface area contributed by atoms with E-state index in [9.17, 15) is 4.79 Å². The highest BCUT2D eigenvalue weighted by atomic mass is 79.9. The molecule has 1 aromatic carbocycles. The molecule has 1 unspecified atom stereocenters. The molecule has 0 spiro atoms. The highest BCUT2D eigenvalue weighted by molar-refractivity contribution is 9.10. The van der Waals surface area contributed by atoms with Gasteiger partial charge in [-0.1, -0.05) is 47.8 Å². The summed E-state index contributed by atoms with van der Waals surface area (Å²) in [5, 5.41) is 3.11. The smallest absolute Gasteiger partial charge is 0.220 e. The Morgan fingerprint density at radius 2 is 1.85 bits per heavy atom. The summed E-state index contributed by atoms with van der Waals surface area (Å²) in [6, 6.07) is 8.24. The van der Waals surface area contributed by atoms with Gasteiger partial charge in [0.15, 0.2) is 0 Å². The zero-order chi connectivity index (χ0) is 14.8. The summed E-state index contributed by atoms with van der Waals surface area (Å²) < 4.78 is 1.06. The summed E-state index contributed by atoms with van der Waals surface area (Å²) in [6.45, 7) is 2.84. The van der Waals surface area contributed by atoms with Gasteiger partial charge in [0.05, 0.1) is 6.04 Å². The number of nitrogens with one attached hydrogen (secondary N) is 1. The van der Waals surface area contributed by atoms with E-state index in [1.165, 1.54) is 0 Å². The zero-order valence-electron chi connectivity index (χ0n) is 12.2. The van der Waals surface area contributed by atoms with Gasteiger partial charge in [-0.25, -0.2) is 0 Å². The van der Waals surface area contributed by atoms with E-state index in [4.69, 9.17) is 5.73 Å². The van der Waals surface area contributed by atoms with Gasteiger partial charge in [-0.15, -0.1) is 0 Å². The maximum Gasteiger partial charge on any atom is 0.220 e. The number of rotatable bonds is 9. The van der Waals surface area contributed by atoms with Crippen LogP contribution in [0.15, 0.2) is 28.7 Å². The molecule has 1 aromatic rings. The first kappa shape index (κ1) is 17.2. The quantitative estimate of drug-likeness (QED) is 0.669. The van der Waals surface area contributed by atoms with Gasteiger partial charge in [0, 0.05) is 10.9 Å². The molecule has 0 radical (unpaired) electrons. The highest BCUT2D eigenvalue weighted by Gasteiger charge is 2.12. The van der Waals surface area contributed by atoms with Crippen LogP contribution in [-0.2, 0) is 4.79 Å². The monoisotopic (exact) mass is 340 g/mol. The van der Waals surface area contributed by atoms with Crippen molar-refractivity contribution < 1.29 is 4.79 Å². The third-order valence-corrected chi connectivity index (χ3v) is 3.90. The van der Waals surface area contributed by atoms with Crippen LogP contribution in [-0.4, -0.2) is 12.5 Å². The van der Waals surface area contributed by atoms with E-state index in [1.807, 2.05) is 12.1 Å². The number of amides is 1. The molecule has 0 fully saturated rings. The number of hydrogen-bond acceptors (Lipinski definition) is 2. The number of carbonyl (C=O) groups is 1. The van der Waals surface area contributed by atoms with Crippen LogP contribution in [0.1, 0.15) is 57.1 Å². The normalized spacial score (nSPS) is 12.2. The number of unbranched alkanes of at least 4 members (excludes halogenated alkanes) is 3. The molecule has 20 heavy (non-hydrogen) atoms. The second kappa shape index (κ2) is 9.94. The minimum atomic E-state index is 0.111. The summed E-state index contributed by atoms with van der Waals surface area (Å²) in [7, 11) is 0. The van der Waals surface area contributed by atoms with Gasteiger partial charge in [0.25, 0.3) is 0 Å². The van der Waals surface area contributed by atoms with E-state index in [0.717, 1.165) is 48.7 Å². The maximum atomic E-state index is 11.9. The molecule has 0 bridgehead atoms. The molecule has 1 rings (SSSR count). The van der Waals surface area contributed by atoms with Crippen molar-refractivity contribution >= 4 is 21.8 Å². The van der Waals surface area contributed by atoms with Crippen molar-refractivity contribution in [3.63, 3.8) is 0 Å². The van der Waals surface area contributed by atoms with Crippen LogP contribution in [0.4, 0.5) is 0 Å². The van der Waals surface area contributed by atoms with Crippen LogP contribution >= 0.6 is 15.9 Å². The Balaban J connectivity index is 2.36. The minimum absolute atomic E-state index is 0.111. The maximum absolute atomic E-state index is 11.9. The number of halogens is 1. The Hall–Kier alpha value is -0.870. The molecule has 1 amide bonds. The van der Waals surface area contributed by atoms with E-state index in [0.29, 0.717) is 6.42 Å². The molecule has 112 valence electrons. The van der Waals surface area contributed by atoms with Crippen molar-refractivity contribution in [2.45, 2.75) is 51.5 Å². The Bertz CT molecular complexity index is 392. The van der Waals surface area contributed by atoms with Crippen molar-refractivity contribution in [1.29, 1.82) is 0 Å². The van der Waals surface area contributed by atoms with Crippen LogP contribution in [0.5, 0.6) is 0 Å². The van der Waals surface area contributed by atoms with E-state index >= 15 is 0 Å². The van der Waals surface area contributed by atoms with Gasteiger partial charge >= 0.3 is 0 Å². The molecule has 3 nitrogen and oxygen atoms in total. The Kier molecular flexibility index (Phi) is 8.54. The van der Waals surface area contributed by atoms with E-state index in [1.54, 1.807) is 0 Å². The largest absolute Gasteiger partial charge is 0.349 e. The molecule has 0 aliphatic rings. The van der Waals surface area contributed by atoms with Crippen LogP contribution < -0.4 is 11.1 Å². The van der Waals surface area contributed by atoms with E-state index in [2.05, 4.69) is 40.3 Å². The molecule has 0 aliphatic carbocycles. The van der Waals surface area contributed by atoms with Gasteiger partial charge in [0.2, 0.25) is 5.91 Å². The van der Waals surface area contributed by atoms with Crippen molar-refractivity contribution in [3.05, 3.63) is 34.3 Å². The zero-order valence-corrected chi connectivity index (χ0v) is 13.8. The molecule has 0 aliphatic heterocycles. The van der Waals surface area contributed by atoms with Crippen molar-refractivity contribution in [3.8, 4) is 0 Å². The fourth-order valence-electron chi connectivity index (χ4n) is 2.17. The van der Waals surface area contributed by atoms with Gasteiger partial charge < -0.3 is 11.1 Å². The van der Waals surface area contributed by atoms with Gasteiger partial charge in [-0.2, -0.15) is 0 Å². The lowest BCUT2D eigenvalue weighted by molar-refractivity contribution is -0.122. The molecule has 0 saturated heterocycles. The number of benzene rings is 1. The van der Waals surface area contributed by atoms with Crippen LogP contribution in [0, 0.1) is 0 Å². The Morgan fingerprint density at radius 3 is 2.45 bits per heavy atom. The highest BCUT2D eigenvalue weighted by Crippen LogP contribution is 2.19. The topological polar surface area (TPSA) is 55.1 Å². The Labute approximate surface area is 130 Å². The second-order valence-electron chi connectivity index (χ2n) is 5.03. The average Bonchev–Trinajstić information content (AvgIpc) is 2.45. The average molecular weight is 341 g/mol. The number of nitrogens with two attached hydrogens (primary N) is 1. The van der Waals surface area contributed by atoms with Crippen molar-refractivity contribution in [2.75, 3.05) is 6.54 Å². The molecule has 1 atom stereocenters. The van der Waals surface area contributed by atoms with Crippen molar-refractivity contribution in [2.24, 2.45) is 5.73 Å². The first-order chi connectivity index (χ1) is 9.67. The van der Waals surface area contributed by atoms with E-state index in [-0.39, 0.29) is 11.9 Å².